The number of piperidine rings is 2. The second-order valence-corrected chi connectivity index (χ2v) is 29.9. The number of likely N-dealkylation sites (tertiary alicyclic amines) is 4. The van der Waals surface area contributed by atoms with Crippen LogP contribution in [0.4, 0.5) is 23.3 Å². The molecule has 16 rings (SSSR count). The zero-order valence-corrected chi connectivity index (χ0v) is 68.6. The lowest BCUT2D eigenvalue weighted by atomic mass is 10.1. The quantitative estimate of drug-likeness (QED) is 0.0680. The third-order valence-corrected chi connectivity index (χ3v) is 22.1. The van der Waals surface area contributed by atoms with Gasteiger partial charge in [0.2, 0.25) is 23.6 Å². The van der Waals surface area contributed by atoms with Crippen molar-refractivity contribution in [1.29, 1.82) is 0 Å². The van der Waals surface area contributed by atoms with Crippen LogP contribution in [0.1, 0.15) is 79.4 Å². The summed E-state index contributed by atoms with van der Waals surface area (Å²) in [6.45, 7) is 21.2. The molecule has 0 aliphatic carbocycles. The summed E-state index contributed by atoms with van der Waals surface area (Å²) in [5.41, 5.74) is 32.4. The fourth-order valence-electron chi connectivity index (χ4n) is 15.9. The predicted molar refractivity (Wildman–Crippen MR) is 457 cm³/mol. The van der Waals surface area contributed by atoms with Gasteiger partial charge in [-0.3, -0.25) is 55.7 Å². The largest absolute Gasteiger partial charge is 0.496 e. The molecule has 12 aromatic rings. The average molecular weight is 1650 g/mol. The molecule has 8 aromatic heterocycles. The zero-order chi connectivity index (χ0) is 85.7. The monoisotopic (exact) mass is 1650 g/mol. The Hall–Kier alpha value is -14.0. The van der Waals surface area contributed by atoms with Gasteiger partial charge in [0, 0.05) is 88.2 Å². The van der Waals surface area contributed by atoms with Gasteiger partial charge in [-0.25, -0.2) is 59.0 Å². The van der Waals surface area contributed by atoms with E-state index in [0.29, 0.717) is 161 Å². The van der Waals surface area contributed by atoms with Crippen LogP contribution in [0, 0.1) is 20.8 Å². The Kier molecular flexibility index (Phi) is 25.0. The number of nitrogens with zero attached hydrogens (tertiary/aromatic N) is 21. The van der Waals surface area contributed by atoms with Crippen LogP contribution in [-0.4, -0.2) is 219 Å². The normalized spacial score (nSPS) is 16.6. The molecule has 0 radical (unpaired) electrons. The molecule has 36 nitrogen and oxygen atoms in total. The van der Waals surface area contributed by atoms with Gasteiger partial charge in [0.1, 0.15) is 64.6 Å². The standard InChI is InChI=1S/C23H29N7O3.C21H24N6O3.C20H22N6O3.C19H19ClN6O2/c1-15-7-8-16(12-18(15)33-4)29-20-21(24)25-14-26-22(20)30(23(29)32)17-9-11-28(13-17)19(31)6-5-10-27(2)3;1-4-17(28)25-9-5-6-15(11-25)27-20-18(19(22)23-12-24-20)26(21(27)29)14-8-7-13(2)16(10-14)30-3;1-4-16(27)24-8-7-14(10-24)26-19-17(18(21)22-11-23-19)25(20(26)28)13-6-5-12(2)15(9-13)29-3;1-2-15(27)24-9-3-4-14(10-24)26-18-16(17(21)22-11-23-18)25(19(26)28)13-7-5-12(20)6-8-13/h5-8,12,14,17H,9-11,13H2,1-4H3,(H2,24,25,26);4,7-8,10,12,15H,1,5-6,9,11H2,2-3H3,(H2,22,23,24);4-6,9,11,14H,1,7-8,10H2,2-3H3,(H2,21,22,23);2,5-8,11,14H,1,3-4,9-10H2,(H2,21,22,23)/b6-5+;;;/t17-;15-;2*14-/m1111/s1. The molecule has 4 atom stereocenters. The Morgan fingerprint density at radius 2 is 0.708 bits per heavy atom. The Bertz CT molecular complexity index is 6270. The molecule has 120 heavy (non-hydrogen) atoms. The lowest BCUT2D eigenvalue weighted by Gasteiger charge is -2.32. The van der Waals surface area contributed by atoms with Crippen LogP contribution in [0.2, 0.25) is 5.02 Å². The second kappa shape index (κ2) is 35.8. The minimum Gasteiger partial charge on any atom is -0.496 e. The maximum atomic E-state index is 13.7. The van der Waals surface area contributed by atoms with Gasteiger partial charge in [-0.2, -0.15) is 0 Å². The van der Waals surface area contributed by atoms with E-state index in [9.17, 15) is 38.4 Å². The highest BCUT2D eigenvalue weighted by Crippen LogP contribution is 2.35. The van der Waals surface area contributed by atoms with E-state index in [1.54, 1.807) is 108 Å². The number of rotatable bonds is 17. The van der Waals surface area contributed by atoms with Gasteiger partial charge in [0.25, 0.3) is 0 Å². The van der Waals surface area contributed by atoms with Gasteiger partial charge in [0.05, 0.1) is 68.2 Å². The van der Waals surface area contributed by atoms with Crippen molar-refractivity contribution in [2.45, 2.75) is 83.5 Å². The van der Waals surface area contributed by atoms with Crippen molar-refractivity contribution in [2.75, 3.05) is 117 Å². The number of methoxy groups -OCH3 is 3. The number of aromatic nitrogens is 16. The Morgan fingerprint density at radius 3 is 1.01 bits per heavy atom. The molecule has 0 spiro atoms. The Morgan fingerprint density at radius 1 is 0.425 bits per heavy atom. The molecule has 0 saturated carbocycles. The number of imidazole rings is 4. The van der Waals surface area contributed by atoms with Crippen LogP contribution in [0.15, 0.2) is 173 Å². The number of ether oxygens (including phenoxy) is 3. The number of carbonyl (C=O) groups excluding carboxylic acids is 4. The topological polar surface area (TPSA) is 427 Å². The summed E-state index contributed by atoms with van der Waals surface area (Å²) in [7, 11) is 8.65. The fourth-order valence-corrected chi connectivity index (χ4v) is 16.0. The SMILES string of the molecule is C=CC(=O)N1CCC[C@@H](n2c(=O)n(-c3ccc(C)c(OC)c3)c3c(N)ncnc32)C1.C=CC(=O)N1CCC[C@@H](n2c(=O)n(-c3ccc(Cl)cc3)c3c(N)ncnc32)C1.C=CC(=O)N1CC[C@@H](n2c(=O)n(-c3ccc(C)c(OC)c3)c3c(N)ncnc32)C1.COc1cc(-n2c(=O)n([C@@H]3CCN(C(=O)/C=C/CN(C)C)C3)c3ncnc(N)c32)ccc1C. The number of fused-ring (bicyclic) bond motifs is 4. The van der Waals surface area contributed by atoms with Gasteiger partial charge in [-0.05, 0) is 151 Å². The van der Waals surface area contributed by atoms with Crippen LogP contribution >= 0.6 is 11.6 Å². The van der Waals surface area contributed by atoms with E-state index in [1.165, 1.54) is 61.8 Å². The zero-order valence-electron chi connectivity index (χ0n) is 67.8. The van der Waals surface area contributed by atoms with Crippen molar-refractivity contribution in [2.24, 2.45) is 0 Å². The van der Waals surface area contributed by atoms with Crippen molar-refractivity contribution in [3.05, 3.63) is 218 Å². The number of aryl methyl sites for hydroxylation is 3. The molecule has 624 valence electrons. The number of benzene rings is 4. The van der Waals surface area contributed by atoms with Crippen molar-refractivity contribution in [3.63, 3.8) is 0 Å². The molecular formula is C83H94ClN25O11. The number of likely N-dealkylation sites (N-methyl/N-ethyl adjacent to an activating group) is 1. The first-order valence-corrected chi connectivity index (χ1v) is 39.1. The van der Waals surface area contributed by atoms with E-state index in [4.69, 9.17) is 48.7 Å². The van der Waals surface area contributed by atoms with Crippen molar-refractivity contribution >= 4 is 103 Å². The number of nitrogens with two attached hydrogens (primary N) is 4. The third-order valence-electron chi connectivity index (χ3n) is 21.8. The maximum absolute atomic E-state index is 13.7. The number of nitrogen functional groups attached to an aromatic ring is 4. The van der Waals surface area contributed by atoms with Gasteiger partial charge in [0.15, 0.2) is 45.9 Å². The molecule has 8 N–H and O–H groups in total. The molecule has 4 aliphatic heterocycles. The third kappa shape index (κ3) is 16.4. The first-order valence-electron chi connectivity index (χ1n) is 38.7. The number of hydrogen-bond donors (Lipinski definition) is 4. The lowest BCUT2D eigenvalue weighted by molar-refractivity contribution is -0.128. The molecule has 12 heterocycles. The highest BCUT2D eigenvalue weighted by Gasteiger charge is 2.36. The summed E-state index contributed by atoms with van der Waals surface area (Å²) in [4.78, 5) is 146. The van der Waals surface area contributed by atoms with Crippen molar-refractivity contribution < 1.29 is 33.4 Å². The molecule has 4 saturated heterocycles. The molecule has 37 heteroatoms. The molecule has 4 amide bonds. The first-order chi connectivity index (χ1) is 57.7. The molecular weight excluding hydrogens is 1560 g/mol. The summed E-state index contributed by atoms with van der Waals surface area (Å²) >= 11 is 5.99. The minimum atomic E-state index is -0.281. The van der Waals surface area contributed by atoms with Gasteiger partial charge in [-0.1, -0.05) is 55.6 Å². The van der Waals surface area contributed by atoms with E-state index in [-0.39, 0.29) is 93.8 Å². The molecule has 4 fully saturated rings. The lowest BCUT2D eigenvalue weighted by Crippen LogP contribution is -2.42. The van der Waals surface area contributed by atoms with Crippen LogP contribution in [0.3, 0.4) is 0 Å². The summed E-state index contributed by atoms with van der Waals surface area (Å²) in [6, 6.07) is 22.6. The van der Waals surface area contributed by atoms with E-state index in [2.05, 4.69) is 59.6 Å². The number of halogens is 1. The van der Waals surface area contributed by atoms with Crippen LogP contribution < -0.4 is 59.9 Å². The number of anilines is 4. The predicted octanol–water partition coefficient (Wildman–Crippen LogP) is 6.81. The summed E-state index contributed by atoms with van der Waals surface area (Å²) < 4.78 is 28.8. The van der Waals surface area contributed by atoms with Crippen molar-refractivity contribution in [1.82, 2.24) is 101 Å². The molecule has 4 aliphatic rings. The van der Waals surface area contributed by atoms with E-state index in [1.807, 2.05) is 82.2 Å². The number of hydrogen-bond acceptors (Lipinski definition) is 24. The fraction of sp³-hybridized carbons (Fsp3) is 0.325. The molecule has 4 aromatic carbocycles. The van der Waals surface area contributed by atoms with E-state index < -0.39 is 0 Å². The number of amides is 4. The summed E-state index contributed by atoms with van der Waals surface area (Å²) in [5, 5.41) is 0.565. The summed E-state index contributed by atoms with van der Waals surface area (Å²) in [5.74, 6) is 2.34. The average Bonchev–Trinajstić information content (AvgIpc) is 1.60. The highest BCUT2D eigenvalue weighted by atomic mass is 35.5. The molecule has 0 bridgehead atoms. The first kappa shape index (κ1) is 83.9. The maximum Gasteiger partial charge on any atom is 0.335 e. The second-order valence-electron chi connectivity index (χ2n) is 29.5. The van der Waals surface area contributed by atoms with Crippen LogP contribution in [0.25, 0.3) is 67.4 Å². The van der Waals surface area contributed by atoms with E-state index in [0.717, 1.165) is 42.4 Å². The van der Waals surface area contributed by atoms with Gasteiger partial charge < -0.3 is 61.6 Å². The number of carbonyl (C=O) groups is 4. The van der Waals surface area contributed by atoms with E-state index >= 15 is 0 Å². The Labute approximate surface area is 692 Å². The van der Waals surface area contributed by atoms with Crippen LogP contribution in [0.5, 0.6) is 17.2 Å². The smallest absolute Gasteiger partial charge is 0.335 e. The van der Waals surface area contributed by atoms with Crippen molar-refractivity contribution in [3.8, 4) is 40.0 Å². The van der Waals surface area contributed by atoms with Gasteiger partial charge in [-0.15, -0.1) is 0 Å². The highest BCUT2D eigenvalue weighted by molar-refractivity contribution is 6.30. The molecule has 0 unspecified atom stereocenters. The Balaban J connectivity index is 0.000000139. The summed E-state index contributed by atoms with van der Waals surface area (Å²) in [6.07, 6.45) is 17.1. The minimum absolute atomic E-state index is 0.0615. The van der Waals surface area contributed by atoms with Gasteiger partial charge >= 0.3 is 22.8 Å². The van der Waals surface area contributed by atoms with Crippen LogP contribution in [-0.2, 0) is 19.2 Å².